The van der Waals surface area contributed by atoms with Crippen LogP contribution in [0.3, 0.4) is 0 Å². The summed E-state index contributed by atoms with van der Waals surface area (Å²) >= 11 is 0. The van der Waals surface area contributed by atoms with Gasteiger partial charge < -0.3 is 25.7 Å². The zero-order valence-corrected chi connectivity index (χ0v) is 14.7. The van der Waals surface area contributed by atoms with Gasteiger partial charge in [0.15, 0.2) is 11.5 Å². The van der Waals surface area contributed by atoms with Crippen molar-refractivity contribution in [1.82, 2.24) is 15.3 Å². The predicted molar refractivity (Wildman–Crippen MR) is 104 cm³/mol. The lowest BCUT2D eigenvalue weighted by Gasteiger charge is -2.31. The van der Waals surface area contributed by atoms with Gasteiger partial charge in [0.25, 0.3) is 5.91 Å². The van der Waals surface area contributed by atoms with Crippen molar-refractivity contribution >= 4 is 23.1 Å². The highest BCUT2D eigenvalue weighted by atomic mass is 16.3. The number of carbonyl (C=O) groups excluding carboxylic acids is 1. The first-order valence-corrected chi connectivity index (χ1v) is 8.73. The minimum Gasteiger partial charge on any atom is -0.472 e. The van der Waals surface area contributed by atoms with E-state index in [1.807, 2.05) is 24.3 Å². The maximum absolute atomic E-state index is 12.8. The molecule has 0 saturated carbocycles. The van der Waals surface area contributed by atoms with Crippen molar-refractivity contribution in [1.29, 1.82) is 0 Å². The Morgan fingerprint density at radius 1 is 1.22 bits per heavy atom. The average Bonchev–Trinajstić information content (AvgIpc) is 3.24. The fourth-order valence-electron chi connectivity index (χ4n) is 3.06. The SMILES string of the molecule is Nc1ncc(-c2ccoc2)nc1C(=O)Nc1ccccc1N1CCNCC1. The zero-order chi connectivity index (χ0) is 18.6. The van der Waals surface area contributed by atoms with Gasteiger partial charge in [-0.1, -0.05) is 12.1 Å². The second kappa shape index (κ2) is 7.46. The van der Waals surface area contributed by atoms with Gasteiger partial charge in [0.2, 0.25) is 0 Å². The number of nitrogens with two attached hydrogens (primary N) is 1. The molecule has 0 unspecified atom stereocenters. The number of nitrogens with zero attached hydrogens (tertiary/aromatic N) is 3. The van der Waals surface area contributed by atoms with Crippen LogP contribution in [-0.4, -0.2) is 42.1 Å². The number of para-hydroxylation sites is 2. The van der Waals surface area contributed by atoms with Gasteiger partial charge in [0.05, 0.1) is 35.8 Å². The Morgan fingerprint density at radius 3 is 2.81 bits per heavy atom. The van der Waals surface area contributed by atoms with E-state index < -0.39 is 5.91 Å². The minimum atomic E-state index is -0.395. The molecule has 1 aromatic carbocycles. The van der Waals surface area contributed by atoms with E-state index >= 15 is 0 Å². The first kappa shape index (κ1) is 17.0. The maximum Gasteiger partial charge on any atom is 0.278 e. The van der Waals surface area contributed by atoms with Crippen LogP contribution in [0.15, 0.2) is 53.5 Å². The van der Waals surface area contributed by atoms with Crippen molar-refractivity contribution < 1.29 is 9.21 Å². The molecule has 0 radical (unpaired) electrons. The highest BCUT2D eigenvalue weighted by Gasteiger charge is 2.19. The number of carbonyl (C=O) groups is 1. The lowest BCUT2D eigenvalue weighted by molar-refractivity contribution is 0.102. The number of piperazine rings is 1. The molecule has 8 heteroatoms. The number of nitrogens with one attached hydrogen (secondary N) is 2. The normalized spacial score (nSPS) is 14.1. The number of nitrogen functional groups attached to an aromatic ring is 1. The van der Waals surface area contributed by atoms with Crippen molar-refractivity contribution in [2.45, 2.75) is 0 Å². The number of furan rings is 1. The van der Waals surface area contributed by atoms with E-state index in [-0.39, 0.29) is 11.5 Å². The van der Waals surface area contributed by atoms with Crippen LogP contribution in [0.5, 0.6) is 0 Å². The van der Waals surface area contributed by atoms with Crippen LogP contribution in [0.4, 0.5) is 17.2 Å². The molecule has 27 heavy (non-hydrogen) atoms. The van der Waals surface area contributed by atoms with E-state index in [0.29, 0.717) is 5.69 Å². The summed E-state index contributed by atoms with van der Waals surface area (Å²) in [6.45, 7) is 3.58. The van der Waals surface area contributed by atoms with E-state index in [2.05, 4.69) is 25.5 Å². The molecule has 0 spiro atoms. The maximum atomic E-state index is 12.8. The molecule has 0 atom stereocenters. The molecule has 0 bridgehead atoms. The third kappa shape index (κ3) is 3.61. The summed E-state index contributed by atoms with van der Waals surface area (Å²) in [5, 5.41) is 6.26. The monoisotopic (exact) mass is 364 g/mol. The first-order chi connectivity index (χ1) is 13.2. The average molecular weight is 364 g/mol. The molecule has 1 aliphatic heterocycles. The van der Waals surface area contributed by atoms with Gasteiger partial charge in [-0.2, -0.15) is 0 Å². The van der Waals surface area contributed by atoms with E-state index in [0.717, 1.165) is 43.1 Å². The Hall–Kier alpha value is -3.39. The van der Waals surface area contributed by atoms with Crippen LogP contribution >= 0.6 is 0 Å². The van der Waals surface area contributed by atoms with E-state index in [4.69, 9.17) is 10.2 Å². The molecule has 1 fully saturated rings. The lowest BCUT2D eigenvalue weighted by Crippen LogP contribution is -2.43. The molecule has 4 rings (SSSR count). The van der Waals surface area contributed by atoms with Crippen molar-refractivity contribution in [2.24, 2.45) is 0 Å². The van der Waals surface area contributed by atoms with Gasteiger partial charge in [0, 0.05) is 31.7 Å². The quantitative estimate of drug-likeness (QED) is 0.649. The number of amides is 1. The second-order valence-corrected chi connectivity index (χ2v) is 6.21. The second-order valence-electron chi connectivity index (χ2n) is 6.21. The number of benzene rings is 1. The smallest absolute Gasteiger partial charge is 0.278 e. The van der Waals surface area contributed by atoms with Crippen molar-refractivity contribution in [2.75, 3.05) is 42.1 Å². The standard InChI is InChI=1S/C19H20N6O2/c20-18-17(23-15(11-22-18)13-5-10-27-12-13)19(26)24-14-3-1-2-4-16(14)25-8-6-21-7-9-25/h1-5,10-12,21H,6-9H2,(H2,20,22)(H,24,26). The summed E-state index contributed by atoms with van der Waals surface area (Å²) in [5.74, 6) is -0.313. The van der Waals surface area contributed by atoms with E-state index in [9.17, 15) is 4.79 Å². The van der Waals surface area contributed by atoms with Crippen LogP contribution < -0.4 is 21.3 Å². The lowest BCUT2D eigenvalue weighted by atomic mass is 10.2. The molecular formula is C19H20N6O2. The summed E-state index contributed by atoms with van der Waals surface area (Å²) in [6, 6.07) is 9.47. The van der Waals surface area contributed by atoms with E-state index in [1.165, 1.54) is 12.5 Å². The topological polar surface area (TPSA) is 109 Å². The van der Waals surface area contributed by atoms with Crippen molar-refractivity contribution in [3.63, 3.8) is 0 Å². The molecule has 3 aromatic rings. The minimum absolute atomic E-state index is 0.0828. The summed E-state index contributed by atoms with van der Waals surface area (Å²) < 4.78 is 5.07. The third-order valence-corrected chi connectivity index (χ3v) is 4.44. The molecule has 2 aromatic heterocycles. The summed E-state index contributed by atoms with van der Waals surface area (Å²) in [5.41, 5.74) is 8.95. The molecule has 4 N–H and O–H groups in total. The molecule has 138 valence electrons. The van der Waals surface area contributed by atoms with Gasteiger partial charge in [-0.15, -0.1) is 0 Å². The molecule has 1 aliphatic rings. The Bertz CT molecular complexity index is 935. The third-order valence-electron chi connectivity index (χ3n) is 4.44. The Balaban J connectivity index is 1.61. The molecule has 8 nitrogen and oxygen atoms in total. The highest BCUT2D eigenvalue weighted by molar-refractivity contribution is 6.07. The van der Waals surface area contributed by atoms with Crippen molar-refractivity contribution in [3.05, 3.63) is 54.7 Å². The Labute approximate surface area is 156 Å². The predicted octanol–water partition coefficient (Wildman–Crippen LogP) is 1.98. The van der Waals surface area contributed by atoms with Gasteiger partial charge in [-0.05, 0) is 18.2 Å². The summed E-state index contributed by atoms with van der Waals surface area (Å²) in [7, 11) is 0. The fraction of sp³-hybridized carbons (Fsp3) is 0.211. The van der Waals surface area contributed by atoms with Crippen LogP contribution in [-0.2, 0) is 0 Å². The largest absolute Gasteiger partial charge is 0.472 e. The number of anilines is 3. The number of hydrogen-bond acceptors (Lipinski definition) is 7. The Kier molecular flexibility index (Phi) is 4.71. The zero-order valence-electron chi connectivity index (χ0n) is 14.7. The van der Waals surface area contributed by atoms with Gasteiger partial charge in [-0.3, -0.25) is 4.79 Å². The molecule has 3 heterocycles. The van der Waals surface area contributed by atoms with Gasteiger partial charge >= 0.3 is 0 Å². The number of aromatic nitrogens is 2. The molecule has 0 aliphatic carbocycles. The highest BCUT2D eigenvalue weighted by Crippen LogP contribution is 2.27. The fourth-order valence-corrected chi connectivity index (χ4v) is 3.06. The summed E-state index contributed by atoms with van der Waals surface area (Å²) in [4.78, 5) is 23.6. The van der Waals surface area contributed by atoms with Crippen LogP contribution in [0, 0.1) is 0 Å². The van der Waals surface area contributed by atoms with Crippen LogP contribution in [0.25, 0.3) is 11.3 Å². The van der Waals surface area contributed by atoms with Crippen molar-refractivity contribution in [3.8, 4) is 11.3 Å². The number of rotatable bonds is 4. The van der Waals surface area contributed by atoms with Crippen LogP contribution in [0.2, 0.25) is 0 Å². The van der Waals surface area contributed by atoms with Crippen LogP contribution in [0.1, 0.15) is 10.5 Å². The van der Waals surface area contributed by atoms with E-state index in [1.54, 1.807) is 12.3 Å². The Morgan fingerprint density at radius 2 is 2.04 bits per heavy atom. The van der Waals surface area contributed by atoms with Gasteiger partial charge in [0.1, 0.15) is 0 Å². The summed E-state index contributed by atoms with van der Waals surface area (Å²) in [6.07, 6.45) is 4.60. The molecule has 1 amide bonds. The number of hydrogen-bond donors (Lipinski definition) is 3. The van der Waals surface area contributed by atoms with Gasteiger partial charge in [-0.25, -0.2) is 9.97 Å². The molecule has 1 saturated heterocycles. The first-order valence-electron chi connectivity index (χ1n) is 8.73. The molecular weight excluding hydrogens is 344 g/mol.